The topological polar surface area (TPSA) is 53.5 Å². The minimum Gasteiger partial charge on any atom is -0.345 e. The molecule has 21 heavy (non-hydrogen) atoms. The van der Waals surface area contributed by atoms with E-state index < -0.39 is 0 Å². The monoisotopic (exact) mass is 289 g/mol. The molecule has 1 aliphatic rings. The first-order valence-electron chi connectivity index (χ1n) is 7.48. The van der Waals surface area contributed by atoms with Crippen LogP contribution in [0.4, 0.5) is 0 Å². The van der Waals surface area contributed by atoms with E-state index in [9.17, 15) is 9.59 Å². The number of likely N-dealkylation sites (N-methyl/N-ethyl adjacent to an activating group) is 1. The molecule has 2 rings (SSSR count). The molecule has 2 amide bonds. The predicted molar refractivity (Wildman–Crippen MR) is 80.6 cm³/mol. The fourth-order valence-corrected chi connectivity index (χ4v) is 2.36. The van der Waals surface area contributed by atoms with Crippen molar-refractivity contribution >= 4 is 11.8 Å². The lowest BCUT2D eigenvalue weighted by molar-refractivity contribution is -0.132. The Kier molecular flexibility index (Phi) is 5.31. The van der Waals surface area contributed by atoms with Gasteiger partial charge in [0.2, 0.25) is 11.8 Å². The number of carbonyl (C=O) groups excluding carboxylic acids is 2. The van der Waals surface area contributed by atoms with Gasteiger partial charge in [-0.15, -0.1) is 0 Å². The van der Waals surface area contributed by atoms with Crippen LogP contribution < -0.4 is 0 Å². The summed E-state index contributed by atoms with van der Waals surface area (Å²) in [6.45, 7) is 2.81. The van der Waals surface area contributed by atoms with Gasteiger partial charge >= 0.3 is 0 Å². The number of hydrogen-bond donors (Lipinski definition) is 0. The smallest absolute Gasteiger partial charge is 0.224 e. The number of pyridine rings is 1. The van der Waals surface area contributed by atoms with Gasteiger partial charge in [0.25, 0.3) is 0 Å². The first-order valence-corrected chi connectivity index (χ1v) is 7.48. The van der Waals surface area contributed by atoms with Gasteiger partial charge in [-0.1, -0.05) is 0 Å². The third kappa shape index (κ3) is 4.85. The molecule has 0 spiro atoms. The van der Waals surface area contributed by atoms with Crippen LogP contribution in [0.1, 0.15) is 31.7 Å². The minimum atomic E-state index is 0.0738. The van der Waals surface area contributed by atoms with Gasteiger partial charge in [-0.3, -0.25) is 14.6 Å². The molecule has 0 atom stereocenters. The Labute approximate surface area is 126 Å². The molecule has 0 N–H and O–H groups in total. The van der Waals surface area contributed by atoms with E-state index >= 15 is 0 Å². The fraction of sp³-hybridized carbons (Fsp3) is 0.562. The summed E-state index contributed by atoms with van der Waals surface area (Å²) in [6.07, 6.45) is 6.90. The molecule has 0 saturated heterocycles. The Bertz CT molecular complexity index is 486. The normalized spacial score (nSPS) is 13.8. The SMILES string of the molecule is CC(=O)N(CCC(=O)N(C)CCc1ccncc1)C1CC1. The zero-order valence-electron chi connectivity index (χ0n) is 12.8. The van der Waals surface area contributed by atoms with E-state index in [0.717, 1.165) is 19.3 Å². The molecule has 1 fully saturated rings. The number of amides is 2. The van der Waals surface area contributed by atoms with Crippen molar-refractivity contribution < 1.29 is 9.59 Å². The van der Waals surface area contributed by atoms with E-state index in [4.69, 9.17) is 0 Å². The van der Waals surface area contributed by atoms with Crippen LogP contribution in [-0.4, -0.2) is 52.8 Å². The zero-order valence-corrected chi connectivity index (χ0v) is 12.8. The fourth-order valence-electron chi connectivity index (χ4n) is 2.36. The average Bonchev–Trinajstić information content (AvgIpc) is 3.30. The highest BCUT2D eigenvalue weighted by atomic mass is 16.2. The Hall–Kier alpha value is -1.91. The quantitative estimate of drug-likeness (QED) is 0.764. The lowest BCUT2D eigenvalue weighted by Gasteiger charge is -2.22. The molecule has 0 aliphatic heterocycles. The molecule has 114 valence electrons. The molecule has 1 heterocycles. The van der Waals surface area contributed by atoms with Crippen LogP contribution >= 0.6 is 0 Å². The summed E-state index contributed by atoms with van der Waals surface area (Å²) in [6, 6.07) is 4.30. The molecule has 5 heteroatoms. The lowest BCUT2D eigenvalue weighted by Crippen LogP contribution is -2.36. The van der Waals surface area contributed by atoms with Crippen LogP contribution in [0.5, 0.6) is 0 Å². The summed E-state index contributed by atoms with van der Waals surface area (Å²) in [5.74, 6) is 0.167. The van der Waals surface area contributed by atoms with Gasteiger partial charge < -0.3 is 9.80 Å². The van der Waals surface area contributed by atoms with Crippen molar-refractivity contribution in [1.82, 2.24) is 14.8 Å². The van der Waals surface area contributed by atoms with Crippen molar-refractivity contribution in [2.75, 3.05) is 20.1 Å². The van der Waals surface area contributed by atoms with Crippen molar-refractivity contribution in [2.24, 2.45) is 0 Å². The molecule has 5 nitrogen and oxygen atoms in total. The molecule has 1 aliphatic carbocycles. The summed E-state index contributed by atoms with van der Waals surface area (Å²) in [5, 5.41) is 0. The third-order valence-corrected chi connectivity index (χ3v) is 3.87. The van der Waals surface area contributed by atoms with Gasteiger partial charge in [-0.25, -0.2) is 0 Å². The maximum absolute atomic E-state index is 12.1. The van der Waals surface area contributed by atoms with Crippen molar-refractivity contribution in [2.45, 2.75) is 38.6 Å². The van der Waals surface area contributed by atoms with Crippen LogP contribution in [0, 0.1) is 0 Å². The van der Waals surface area contributed by atoms with E-state index in [1.165, 1.54) is 5.56 Å². The van der Waals surface area contributed by atoms with Gasteiger partial charge in [0, 0.05) is 51.9 Å². The van der Waals surface area contributed by atoms with Crippen LogP contribution in [0.15, 0.2) is 24.5 Å². The highest BCUT2D eigenvalue weighted by Crippen LogP contribution is 2.26. The van der Waals surface area contributed by atoms with Crippen molar-refractivity contribution in [3.63, 3.8) is 0 Å². The minimum absolute atomic E-state index is 0.0738. The number of nitrogens with zero attached hydrogens (tertiary/aromatic N) is 3. The summed E-state index contributed by atoms with van der Waals surface area (Å²) in [5.41, 5.74) is 1.17. The van der Waals surface area contributed by atoms with Crippen molar-refractivity contribution in [3.05, 3.63) is 30.1 Å². The van der Waals surface area contributed by atoms with Crippen LogP contribution in [0.25, 0.3) is 0 Å². The van der Waals surface area contributed by atoms with Gasteiger partial charge in [0.05, 0.1) is 0 Å². The van der Waals surface area contributed by atoms with E-state index in [0.29, 0.717) is 25.6 Å². The summed E-state index contributed by atoms with van der Waals surface area (Å²) in [7, 11) is 1.82. The molecule has 0 unspecified atom stereocenters. The Balaban J connectivity index is 1.73. The lowest BCUT2D eigenvalue weighted by atomic mass is 10.2. The maximum Gasteiger partial charge on any atom is 0.224 e. The number of aromatic nitrogens is 1. The van der Waals surface area contributed by atoms with E-state index in [2.05, 4.69) is 4.98 Å². The van der Waals surface area contributed by atoms with Crippen LogP contribution in [0.3, 0.4) is 0 Å². The first kappa shape index (κ1) is 15.5. The van der Waals surface area contributed by atoms with Gasteiger partial charge in [-0.05, 0) is 37.0 Å². The zero-order chi connectivity index (χ0) is 15.2. The summed E-state index contributed by atoms with van der Waals surface area (Å²) < 4.78 is 0. The highest BCUT2D eigenvalue weighted by molar-refractivity contribution is 5.78. The predicted octanol–water partition coefficient (Wildman–Crippen LogP) is 1.48. The van der Waals surface area contributed by atoms with E-state index in [1.807, 2.05) is 24.1 Å². The van der Waals surface area contributed by atoms with Crippen molar-refractivity contribution in [3.8, 4) is 0 Å². The Morgan fingerprint density at radius 2 is 1.90 bits per heavy atom. The maximum atomic E-state index is 12.1. The molecule has 1 saturated carbocycles. The Morgan fingerprint density at radius 1 is 1.24 bits per heavy atom. The Morgan fingerprint density at radius 3 is 2.48 bits per heavy atom. The molecular weight excluding hydrogens is 266 g/mol. The molecule has 0 aromatic carbocycles. The molecule has 1 aromatic rings. The number of hydrogen-bond acceptors (Lipinski definition) is 3. The van der Waals surface area contributed by atoms with Gasteiger partial charge in [0.1, 0.15) is 0 Å². The standard InChI is InChI=1S/C16H23N3O2/c1-13(20)19(15-3-4-15)12-8-16(21)18(2)11-7-14-5-9-17-10-6-14/h5-6,9-10,15H,3-4,7-8,11-12H2,1-2H3. The largest absolute Gasteiger partial charge is 0.345 e. The highest BCUT2D eigenvalue weighted by Gasteiger charge is 2.30. The average molecular weight is 289 g/mol. The second-order valence-electron chi connectivity index (χ2n) is 5.61. The van der Waals surface area contributed by atoms with Crippen molar-refractivity contribution in [1.29, 1.82) is 0 Å². The first-order chi connectivity index (χ1) is 10.1. The van der Waals surface area contributed by atoms with Gasteiger partial charge in [-0.2, -0.15) is 0 Å². The van der Waals surface area contributed by atoms with Crippen LogP contribution in [-0.2, 0) is 16.0 Å². The molecular formula is C16H23N3O2. The molecule has 0 bridgehead atoms. The molecule has 1 aromatic heterocycles. The summed E-state index contributed by atoms with van der Waals surface area (Å²) >= 11 is 0. The second-order valence-corrected chi connectivity index (χ2v) is 5.61. The van der Waals surface area contributed by atoms with E-state index in [-0.39, 0.29) is 11.8 Å². The molecule has 0 radical (unpaired) electrons. The van der Waals surface area contributed by atoms with Crippen LogP contribution in [0.2, 0.25) is 0 Å². The third-order valence-electron chi connectivity index (χ3n) is 3.87. The second kappa shape index (κ2) is 7.20. The van der Waals surface area contributed by atoms with Gasteiger partial charge in [0.15, 0.2) is 0 Å². The summed E-state index contributed by atoms with van der Waals surface area (Å²) in [4.78, 5) is 31.2. The van der Waals surface area contributed by atoms with E-state index in [1.54, 1.807) is 24.2 Å². The number of carbonyl (C=O) groups is 2. The number of rotatable bonds is 7.